The van der Waals surface area contributed by atoms with Gasteiger partial charge in [-0.3, -0.25) is 4.79 Å². The number of nitrogens with one attached hydrogen (secondary N) is 1. The van der Waals surface area contributed by atoms with Crippen molar-refractivity contribution < 1.29 is 9.53 Å². The fourth-order valence-electron chi connectivity index (χ4n) is 1.65. The van der Waals surface area contributed by atoms with Crippen LogP contribution in [-0.4, -0.2) is 13.0 Å². The number of para-hydroxylation sites is 1. The third-order valence-electron chi connectivity index (χ3n) is 2.72. The molecule has 2 aromatic carbocycles. The van der Waals surface area contributed by atoms with E-state index in [0.29, 0.717) is 21.5 Å². The molecule has 0 aliphatic heterocycles. The lowest BCUT2D eigenvalue weighted by molar-refractivity contribution is 0.102. The van der Waals surface area contributed by atoms with Gasteiger partial charge in [-0.05, 0) is 24.3 Å². The normalized spacial score (nSPS) is 10.2. The lowest BCUT2D eigenvalue weighted by Gasteiger charge is -2.11. The standard InChI is InChI=1S/C14H12Cl2N2O2/c1-20-8-5-6-10(15)12(7-8)18-14(19)9-3-2-4-11(16)13(9)17/h2-7H,17H2,1H3,(H,18,19). The maximum Gasteiger partial charge on any atom is 0.257 e. The molecular formula is C14H12Cl2N2O2. The number of nitrogen functional groups attached to an aromatic ring is 1. The zero-order chi connectivity index (χ0) is 14.7. The maximum absolute atomic E-state index is 12.2. The van der Waals surface area contributed by atoms with Crippen molar-refractivity contribution in [1.82, 2.24) is 0 Å². The number of benzene rings is 2. The second kappa shape index (κ2) is 6.03. The summed E-state index contributed by atoms with van der Waals surface area (Å²) >= 11 is 11.9. The van der Waals surface area contributed by atoms with Crippen molar-refractivity contribution in [1.29, 1.82) is 0 Å². The van der Waals surface area contributed by atoms with Crippen molar-refractivity contribution in [2.24, 2.45) is 0 Å². The molecule has 4 nitrogen and oxygen atoms in total. The van der Waals surface area contributed by atoms with E-state index in [4.69, 9.17) is 33.7 Å². The molecule has 2 rings (SSSR count). The fourth-order valence-corrected chi connectivity index (χ4v) is 1.99. The predicted octanol–water partition coefficient (Wildman–Crippen LogP) is 3.84. The summed E-state index contributed by atoms with van der Waals surface area (Å²) < 4.78 is 5.08. The van der Waals surface area contributed by atoms with Crippen molar-refractivity contribution in [3.05, 3.63) is 52.0 Å². The zero-order valence-electron chi connectivity index (χ0n) is 10.6. The van der Waals surface area contributed by atoms with Gasteiger partial charge in [-0.2, -0.15) is 0 Å². The highest BCUT2D eigenvalue weighted by Crippen LogP contribution is 2.28. The topological polar surface area (TPSA) is 64.3 Å². The highest BCUT2D eigenvalue weighted by molar-refractivity contribution is 6.35. The van der Waals surface area contributed by atoms with E-state index >= 15 is 0 Å². The quantitative estimate of drug-likeness (QED) is 0.847. The maximum atomic E-state index is 12.2. The van der Waals surface area contributed by atoms with Gasteiger partial charge in [0.2, 0.25) is 0 Å². The average molecular weight is 311 g/mol. The Morgan fingerprint density at radius 1 is 1.20 bits per heavy atom. The number of amides is 1. The number of nitrogens with two attached hydrogens (primary N) is 1. The molecule has 0 unspecified atom stereocenters. The molecule has 0 atom stereocenters. The van der Waals surface area contributed by atoms with Gasteiger partial charge in [-0.1, -0.05) is 29.3 Å². The van der Waals surface area contributed by atoms with E-state index in [9.17, 15) is 4.79 Å². The van der Waals surface area contributed by atoms with Gasteiger partial charge in [0.25, 0.3) is 5.91 Å². The number of halogens is 2. The van der Waals surface area contributed by atoms with Crippen molar-refractivity contribution in [3.63, 3.8) is 0 Å². The minimum absolute atomic E-state index is 0.227. The van der Waals surface area contributed by atoms with Gasteiger partial charge in [-0.25, -0.2) is 0 Å². The van der Waals surface area contributed by atoms with Crippen molar-refractivity contribution >= 4 is 40.5 Å². The number of anilines is 2. The van der Waals surface area contributed by atoms with E-state index < -0.39 is 0 Å². The Kier molecular flexibility index (Phi) is 4.37. The van der Waals surface area contributed by atoms with Gasteiger partial charge in [0, 0.05) is 6.07 Å². The van der Waals surface area contributed by atoms with Crippen molar-refractivity contribution in [3.8, 4) is 5.75 Å². The van der Waals surface area contributed by atoms with Gasteiger partial charge in [0.15, 0.2) is 0 Å². The van der Waals surface area contributed by atoms with E-state index in [2.05, 4.69) is 5.32 Å². The van der Waals surface area contributed by atoms with Gasteiger partial charge >= 0.3 is 0 Å². The van der Waals surface area contributed by atoms with E-state index in [1.165, 1.54) is 7.11 Å². The van der Waals surface area contributed by atoms with Gasteiger partial charge in [-0.15, -0.1) is 0 Å². The summed E-state index contributed by atoms with van der Waals surface area (Å²) in [5.74, 6) is 0.198. The van der Waals surface area contributed by atoms with E-state index in [0.717, 1.165) is 0 Å². The molecule has 0 saturated carbocycles. The van der Waals surface area contributed by atoms with Crippen molar-refractivity contribution in [2.45, 2.75) is 0 Å². The molecule has 0 saturated heterocycles. The first kappa shape index (κ1) is 14.5. The summed E-state index contributed by atoms with van der Waals surface area (Å²) in [6, 6.07) is 9.82. The molecule has 3 N–H and O–H groups in total. The highest BCUT2D eigenvalue weighted by Gasteiger charge is 2.13. The summed E-state index contributed by atoms with van der Waals surface area (Å²) in [7, 11) is 1.53. The molecule has 0 heterocycles. The van der Waals surface area contributed by atoms with Crippen LogP contribution < -0.4 is 15.8 Å². The Balaban J connectivity index is 2.30. The summed E-state index contributed by atoms with van der Waals surface area (Å²) in [4.78, 5) is 12.2. The molecule has 104 valence electrons. The van der Waals surface area contributed by atoms with Crippen LogP contribution in [-0.2, 0) is 0 Å². The minimum atomic E-state index is -0.389. The Morgan fingerprint density at radius 2 is 1.95 bits per heavy atom. The molecule has 0 aromatic heterocycles. The van der Waals surface area contributed by atoms with Gasteiger partial charge in [0.1, 0.15) is 5.75 Å². The third-order valence-corrected chi connectivity index (χ3v) is 3.38. The first-order valence-electron chi connectivity index (χ1n) is 5.72. The number of carbonyl (C=O) groups excluding carboxylic acids is 1. The van der Waals surface area contributed by atoms with Crippen LogP contribution in [0.25, 0.3) is 0 Å². The van der Waals surface area contributed by atoms with Crippen LogP contribution in [0.4, 0.5) is 11.4 Å². The Labute approximate surface area is 126 Å². The van der Waals surface area contributed by atoms with Crippen LogP contribution in [0.1, 0.15) is 10.4 Å². The smallest absolute Gasteiger partial charge is 0.257 e. The van der Waals surface area contributed by atoms with Crippen molar-refractivity contribution in [2.75, 3.05) is 18.2 Å². The van der Waals surface area contributed by atoms with E-state index in [1.54, 1.807) is 36.4 Å². The second-order valence-corrected chi connectivity index (χ2v) is 4.82. The number of hydrogen-bond donors (Lipinski definition) is 2. The summed E-state index contributed by atoms with van der Waals surface area (Å²) in [5, 5.41) is 3.41. The van der Waals surface area contributed by atoms with Crippen LogP contribution in [0.2, 0.25) is 10.0 Å². The number of rotatable bonds is 3. The van der Waals surface area contributed by atoms with Crippen LogP contribution in [0.5, 0.6) is 5.75 Å². The largest absolute Gasteiger partial charge is 0.497 e. The second-order valence-electron chi connectivity index (χ2n) is 4.00. The Hall–Kier alpha value is -1.91. The molecule has 1 amide bonds. The molecule has 20 heavy (non-hydrogen) atoms. The molecule has 0 spiro atoms. The van der Waals surface area contributed by atoms with Crippen LogP contribution >= 0.6 is 23.2 Å². The lowest BCUT2D eigenvalue weighted by Crippen LogP contribution is -2.14. The number of hydrogen-bond acceptors (Lipinski definition) is 3. The highest BCUT2D eigenvalue weighted by atomic mass is 35.5. The Bertz CT molecular complexity index is 660. The predicted molar refractivity (Wildman–Crippen MR) is 81.8 cm³/mol. The van der Waals surface area contributed by atoms with Crippen LogP contribution in [0, 0.1) is 0 Å². The van der Waals surface area contributed by atoms with E-state index in [1.807, 2.05) is 0 Å². The fraction of sp³-hybridized carbons (Fsp3) is 0.0714. The zero-order valence-corrected chi connectivity index (χ0v) is 12.1. The monoisotopic (exact) mass is 310 g/mol. The first-order chi connectivity index (χ1) is 9.52. The SMILES string of the molecule is COc1ccc(Cl)c(NC(=O)c2cccc(Cl)c2N)c1. The molecule has 0 aliphatic carbocycles. The third kappa shape index (κ3) is 2.98. The molecule has 6 heteroatoms. The van der Waals surface area contributed by atoms with Gasteiger partial charge < -0.3 is 15.8 Å². The molecule has 0 aliphatic rings. The van der Waals surface area contributed by atoms with Gasteiger partial charge in [0.05, 0.1) is 34.1 Å². The molecule has 0 fully saturated rings. The summed E-state index contributed by atoms with van der Waals surface area (Å²) in [6.45, 7) is 0. The molecular weight excluding hydrogens is 299 g/mol. The first-order valence-corrected chi connectivity index (χ1v) is 6.47. The average Bonchev–Trinajstić information content (AvgIpc) is 2.44. The number of ether oxygens (including phenoxy) is 1. The lowest BCUT2D eigenvalue weighted by atomic mass is 10.1. The summed E-state index contributed by atoms with van der Waals surface area (Å²) in [5.41, 5.74) is 6.74. The van der Waals surface area contributed by atoms with E-state index in [-0.39, 0.29) is 17.2 Å². The Morgan fingerprint density at radius 3 is 2.65 bits per heavy atom. The minimum Gasteiger partial charge on any atom is -0.497 e. The number of carbonyl (C=O) groups is 1. The molecule has 0 radical (unpaired) electrons. The number of methoxy groups -OCH3 is 1. The van der Waals surface area contributed by atoms with Crippen LogP contribution in [0.3, 0.4) is 0 Å². The molecule has 0 bridgehead atoms. The van der Waals surface area contributed by atoms with Crippen LogP contribution in [0.15, 0.2) is 36.4 Å². The molecule has 2 aromatic rings. The summed E-state index contributed by atoms with van der Waals surface area (Å²) in [6.07, 6.45) is 0.